The smallest absolute Gasteiger partial charge is 0.192 e. The van der Waals surface area contributed by atoms with Gasteiger partial charge in [0.2, 0.25) is 0 Å². The second-order valence-corrected chi connectivity index (χ2v) is 7.13. The van der Waals surface area contributed by atoms with Crippen LogP contribution in [-0.4, -0.2) is 5.12 Å². The topological polar surface area (TPSA) is 17.1 Å². The van der Waals surface area contributed by atoms with Crippen LogP contribution in [0.15, 0.2) is 60.7 Å². The number of rotatable bonds is 10. The first-order chi connectivity index (χ1) is 11.7. The predicted octanol–water partition coefficient (Wildman–Crippen LogP) is 5.89. The molecule has 0 aliphatic carbocycles. The van der Waals surface area contributed by atoms with Crippen LogP contribution in [0.2, 0.25) is 0 Å². The lowest BCUT2D eigenvalue weighted by atomic mass is 9.74. The molecule has 0 saturated carbocycles. The van der Waals surface area contributed by atoms with Crippen LogP contribution in [0.1, 0.15) is 50.2 Å². The van der Waals surface area contributed by atoms with Gasteiger partial charge in [0.25, 0.3) is 0 Å². The fraction of sp³-hybridized carbons (Fsp3) is 0.409. The number of carbonyl (C=O) groups is 1. The standard InChI is InChI=1S/C22H28OS/c1-2-3-4-11-16-22(21(23)24,17-19-12-7-5-8-13-19)18-20-14-9-6-10-15-20/h5-10,12-15H,2-4,11,16-18H2,1H3,(H,23,24). The minimum atomic E-state index is -0.417. The number of hydrogen-bond acceptors (Lipinski definition) is 1. The van der Waals surface area contributed by atoms with E-state index in [1.807, 2.05) is 36.4 Å². The van der Waals surface area contributed by atoms with Gasteiger partial charge in [-0.1, -0.05) is 93.3 Å². The Balaban J connectivity index is 2.23. The molecule has 24 heavy (non-hydrogen) atoms. The third-order valence-corrected chi connectivity index (χ3v) is 5.21. The molecule has 0 aromatic heterocycles. The highest BCUT2D eigenvalue weighted by Gasteiger charge is 2.36. The number of unbranched alkanes of at least 4 members (excludes halogenated alkanes) is 3. The average Bonchev–Trinajstić information content (AvgIpc) is 2.60. The van der Waals surface area contributed by atoms with E-state index in [1.54, 1.807) is 0 Å². The van der Waals surface area contributed by atoms with Crippen LogP contribution in [0.25, 0.3) is 0 Å². The molecule has 0 heterocycles. The molecule has 0 amide bonds. The Kier molecular flexibility index (Phi) is 7.58. The third kappa shape index (κ3) is 5.52. The van der Waals surface area contributed by atoms with Crippen molar-refractivity contribution < 1.29 is 4.79 Å². The monoisotopic (exact) mass is 340 g/mol. The summed E-state index contributed by atoms with van der Waals surface area (Å²) in [7, 11) is 0. The van der Waals surface area contributed by atoms with Crippen LogP contribution >= 0.6 is 12.6 Å². The Morgan fingerprint density at radius 2 is 1.33 bits per heavy atom. The molecule has 0 N–H and O–H groups in total. The molecule has 0 atom stereocenters. The maximum Gasteiger partial charge on any atom is 0.192 e. The van der Waals surface area contributed by atoms with E-state index in [1.165, 1.54) is 30.4 Å². The Bertz CT molecular complexity index is 565. The zero-order valence-electron chi connectivity index (χ0n) is 14.6. The van der Waals surface area contributed by atoms with Crippen molar-refractivity contribution in [2.45, 2.75) is 51.9 Å². The largest absolute Gasteiger partial charge is 0.287 e. The minimum Gasteiger partial charge on any atom is -0.287 e. The van der Waals surface area contributed by atoms with Crippen LogP contribution in [0, 0.1) is 5.41 Å². The maximum atomic E-state index is 12.6. The van der Waals surface area contributed by atoms with Gasteiger partial charge in [0, 0.05) is 5.41 Å². The van der Waals surface area contributed by atoms with Gasteiger partial charge in [0.1, 0.15) is 0 Å². The molecule has 2 heteroatoms. The van der Waals surface area contributed by atoms with Crippen molar-refractivity contribution in [3.8, 4) is 0 Å². The van der Waals surface area contributed by atoms with Crippen molar-refractivity contribution in [1.29, 1.82) is 0 Å². The fourth-order valence-corrected chi connectivity index (χ4v) is 3.63. The maximum absolute atomic E-state index is 12.6. The first kappa shape index (κ1) is 18.8. The lowest BCUT2D eigenvalue weighted by Crippen LogP contribution is -2.33. The second kappa shape index (κ2) is 9.68. The molecule has 1 nitrogen and oxygen atoms in total. The summed E-state index contributed by atoms with van der Waals surface area (Å²) in [5, 5.41) is 0.0201. The normalized spacial score (nSPS) is 11.4. The summed E-state index contributed by atoms with van der Waals surface area (Å²) in [6.45, 7) is 2.21. The van der Waals surface area contributed by atoms with E-state index in [-0.39, 0.29) is 5.12 Å². The summed E-state index contributed by atoms with van der Waals surface area (Å²) in [5.74, 6) is 0. The van der Waals surface area contributed by atoms with Gasteiger partial charge in [-0.2, -0.15) is 0 Å². The van der Waals surface area contributed by atoms with Gasteiger partial charge in [0.05, 0.1) is 0 Å². The molecule has 0 bridgehead atoms. The summed E-state index contributed by atoms with van der Waals surface area (Å²) >= 11 is 4.33. The molecule has 0 radical (unpaired) electrons. The molecule has 2 aromatic rings. The van der Waals surface area contributed by atoms with E-state index < -0.39 is 5.41 Å². The molecule has 0 spiro atoms. The van der Waals surface area contributed by atoms with Crippen molar-refractivity contribution in [3.05, 3.63) is 71.8 Å². The van der Waals surface area contributed by atoms with E-state index in [0.717, 1.165) is 25.7 Å². The zero-order chi connectivity index (χ0) is 17.3. The van der Waals surface area contributed by atoms with Crippen molar-refractivity contribution in [2.75, 3.05) is 0 Å². The molecule has 0 aliphatic heterocycles. The van der Waals surface area contributed by atoms with E-state index in [0.29, 0.717) is 0 Å². The molecular weight excluding hydrogens is 312 g/mol. The molecule has 0 fully saturated rings. The van der Waals surface area contributed by atoms with Crippen LogP contribution in [0.4, 0.5) is 0 Å². The Morgan fingerprint density at radius 1 is 0.833 bits per heavy atom. The fourth-order valence-electron chi connectivity index (χ4n) is 3.36. The highest BCUT2D eigenvalue weighted by atomic mass is 32.1. The summed E-state index contributed by atoms with van der Waals surface area (Å²) in [5.41, 5.74) is 2.01. The minimum absolute atomic E-state index is 0.0201. The van der Waals surface area contributed by atoms with E-state index >= 15 is 0 Å². The van der Waals surface area contributed by atoms with Crippen LogP contribution in [0.5, 0.6) is 0 Å². The third-order valence-electron chi connectivity index (χ3n) is 4.73. The van der Waals surface area contributed by atoms with Gasteiger partial charge in [-0.3, -0.25) is 4.79 Å². The van der Waals surface area contributed by atoms with Gasteiger partial charge in [-0.15, -0.1) is 12.6 Å². The zero-order valence-corrected chi connectivity index (χ0v) is 15.5. The Hall–Kier alpha value is -1.54. The molecule has 0 saturated heterocycles. The Morgan fingerprint density at radius 3 is 1.75 bits per heavy atom. The first-order valence-electron chi connectivity index (χ1n) is 8.97. The molecular formula is C22H28OS. The van der Waals surface area contributed by atoms with Crippen LogP contribution in [0.3, 0.4) is 0 Å². The van der Waals surface area contributed by atoms with Crippen molar-refractivity contribution in [2.24, 2.45) is 5.41 Å². The SMILES string of the molecule is CCCCCCC(Cc1ccccc1)(Cc1ccccc1)C(=O)S. The number of hydrogen-bond donors (Lipinski definition) is 1. The average molecular weight is 341 g/mol. The Labute approximate surface area is 151 Å². The second-order valence-electron chi connectivity index (χ2n) is 6.72. The van der Waals surface area contributed by atoms with Gasteiger partial charge < -0.3 is 0 Å². The lowest BCUT2D eigenvalue weighted by molar-refractivity contribution is -0.120. The van der Waals surface area contributed by atoms with E-state index in [9.17, 15) is 4.79 Å². The van der Waals surface area contributed by atoms with E-state index in [2.05, 4.69) is 43.8 Å². The molecule has 0 aliphatic rings. The van der Waals surface area contributed by atoms with Crippen molar-refractivity contribution in [1.82, 2.24) is 0 Å². The number of thiol groups is 1. The van der Waals surface area contributed by atoms with Gasteiger partial charge in [-0.05, 0) is 30.4 Å². The summed E-state index contributed by atoms with van der Waals surface area (Å²) in [4.78, 5) is 12.6. The van der Waals surface area contributed by atoms with E-state index in [4.69, 9.17) is 0 Å². The summed E-state index contributed by atoms with van der Waals surface area (Å²) < 4.78 is 0. The lowest BCUT2D eigenvalue weighted by Gasteiger charge is -2.31. The van der Waals surface area contributed by atoms with Crippen LogP contribution in [-0.2, 0) is 17.6 Å². The molecule has 0 unspecified atom stereocenters. The highest BCUT2D eigenvalue weighted by Crippen LogP contribution is 2.36. The van der Waals surface area contributed by atoms with Gasteiger partial charge in [0.15, 0.2) is 5.12 Å². The molecule has 2 rings (SSSR count). The van der Waals surface area contributed by atoms with Gasteiger partial charge >= 0.3 is 0 Å². The number of carbonyl (C=O) groups excluding carboxylic acids is 1. The van der Waals surface area contributed by atoms with Crippen molar-refractivity contribution >= 4 is 17.7 Å². The van der Waals surface area contributed by atoms with Crippen LogP contribution < -0.4 is 0 Å². The molecule has 2 aromatic carbocycles. The summed E-state index contributed by atoms with van der Waals surface area (Å²) in [6.07, 6.45) is 7.13. The molecule has 128 valence electrons. The number of benzene rings is 2. The van der Waals surface area contributed by atoms with Crippen molar-refractivity contribution in [3.63, 3.8) is 0 Å². The highest BCUT2D eigenvalue weighted by molar-refractivity contribution is 7.96. The summed E-state index contributed by atoms with van der Waals surface area (Å²) in [6, 6.07) is 20.7. The quantitative estimate of drug-likeness (QED) is 0.422. The predicted molar refractivity (Wildman–Crippen MR) is 105 cm³/mol. The first-order valence-corrected chi connectivity index (χ1v) is 9.42. The van der Waals surface area contributed by atoms with Gasteiger partial charge in [-0.25, -0.2) is 0 Å².